The molecule has 0 spiro atoms. The number of nitro groups is 1. The van der Waals surface area contributed by atoms with Crippen LogP contribution in [0.3, 0.4) is 0 Å². The maximum atomic E-state index is 12.2. The number of rotatable bonds is 5. The van der Waals surface area contributed by atoms with E-state index < -0.39 is 4.92 Å². The summed E-state index contributed by atoms with van der Waals surface area (Å²) in [4.78, 5) is 22.5. The number of aryl methyl sites for hydroxylation is 2. The number of carbonyl (C=O) groups excluding carboxylic acids is 1. The summed E-state index contributed by atoms with van der Waals surface area (Å²) in [6.45, 7) is 6.49. The molecule has 0 radical (unpaired) electrons. The molecular weight excluding hydrogens is 284 g/mol. The van der Waals surface area contributed by atoms with Gasteiger partial charge in [-0.2, -0.15) is 5.10 Å². The summed E-state index contributed by atoms with van der Waals surface area (Å²) < 4.78 is 1.81. The first-order valence-electron chi connectivity index (χ1n) is 7.01. The van der Waals surface area contributed by atoms with Gasteiger partial charge in [0.15, 0.2) is 0 Å². The maximum Gasteiger partial charge on any atom is 0.270 e. The van der Waals surface area contributed by atoms with Gasteiger partial charge in [0.25, 0.3) is 11.6 Å². The Kier molecular flexibility index (Phi) is 4.55. The molecule has 0 bridgehead atoms. The van der Waals surface area contributed by atoms with E-state index >= 15 is 0 Å². The summed E-state index contributed by atoms with van der Waals surface area (Å²) in [6.07, 6.45) is 1.90. The average molecular weight is 302 g/mol. The number of hydrogen-bond acceptors (Lipinski definition) is 4. The molecule has 1 N–H and O–H groups in total. The summed E-state index contributed by atoms with van der Waals surface area (Å²) >= 11 is 0. The third kappa shape index (κ3) is 3.30. The van der Waals surface area contributed by atoms with Gasteiger partial charge in [-0.15, -0.1) is 0 Å². The number of non-ortho nitro benzene ring substituents is 1. The van der Waals surface area contributed by atoms with E-state index in [0.717, 1.165) is 17.8 Å². The molecule has 0 fully saturated rings. The Morgan fingerprint density at radius 3 is 2.82 bits per heavy atom. The van der Waals surface area contributed by atoms with Crippen LogP contribution < -0.4 is 5.32 Å². The fraction of sp³-hybridized carbons (Fsp3) is 0.333. The SMILES string of the molecule is CCn1cc(C(C)NC(=O)c2cccc([N+](=O)[O-])c2)c(C)n1. The molecule has 0 aliphatic heterocycles. The maximum absolute atomic E-state index is 12.2. The van der Waals surface area contributed by atoms with E-state index in [-0.39, 0.29) is 23.2 Å². The number of aromatic nitrogens is 2. The Balaban J connectivity index is 2.15. The fourth-order valence-corrected chi connectivity index (χ4v) is 2.24. The van der Waals surface area contributed by atoms with Crippen molar-refractivity contribution in [2.75, 3.05) is 0 Å². The van der Waals surface area contributed by atoms with Crippen LogP contribution in [-0.2, 0) is 6.54 Å². The molecule has 22 heavy (non-hydrogen) atoms. The van der Waals surface area contributed by atoms with E-state index in [0.29, 0.717) is 0 Å². The molecule has 0 aliphatic rings. The first-order valence-corrected chi connectivity index (χ1v) is 7.01. The highest BCUT2D eigenvalue weighted by molar-refractivity contribution is 5.95. The van der Waals surface area contributed by atoms with Gasteiger partial charge in [-0.05, 0) is 26.8 Å². The van der Waals surface area contributed by atoms with Crippen LogP contribution in [-0.4, -0.2) is 20.6 Å². The van der Waals surface area contributed by atoms with Gasteiger partial charge in [0.2, 0.25) is 0 Å². The minimum absolute atomic E-state index is 0.102. The monoisotopic (exact) mass is 302 g/mol. The molecule has 1 atom stereocenters. The Morgan fingerprint density at radius 1 is 1.50 bits per heavy atom. The van der Waals surface area contributed by atoms with Gasteiger partial charge in [-0.3, -0.25) is 19.6 Å². The van der Waals surface area contributed by atoms with Gasteiger partial charge >= 0.3 is 0 Å². The van der Waals surface area contributed by atoms with E-state index in [1.165, 1.54) is 18.2 Å². The summed E-state index contributed by atoms with van der Waals surface area (Å²) in [5, 5.41) is 17.9. The lowest BCUT2D eigenvalue weighted by molar-refractivity contribution is -0.384. The normalized spacial score (nSPS) is 12.0. The largest absolute Gasteiger partial charge is 0.345 e. The van der Waals surface area contributed by atoms with Crippen molar-refractivity contribution in [1.82, 2.24) is 15.1 Å². The van der Waals surface area contributed by atoms with Crippen LogP contribution in [0.2, 0.25) is 0 Å². The molecule has 0 saturated carbocycles. The highest BCUT2D eigenvalue weighted by Gasteiger charge is 2.17. The standard InChI is InChI=1S/C15H18N4O3/c1-4-18-9-14(11(3)17-18)10(2)16-15(20)12-6-5-7-13(8-12)19(21)22/h5-10H,4H2,1-3H3,(H,16,20). The molecule has 7 nitrogen and oxygen atoms in total. The van der Waals surface area contributed by atoms with Crippen LogP contribution in [0.15, 0.2) is 30.5 Å². The lowest BCUT2D eigenvalue weighted by atomic mass is 10.1. The van der Waals surface area contributed by atoms with Crippen molar-refractivity contribution in [3.05, 3.63) is 57.4 Å². The van der Waals surface area contributed by atoms with Crippen molar-refractivity contribution in [2.24, 2.45) is 0 Å². The number of benzene rings is 1. The van der Waals surface area contributed by atoms with Crippen molar-refractivity contribution in [3.63, 3.8) is 0 Å². The smallest absolute Gasteiger partial charge is 0.270 e. The Bertz CT molecular complexity index is 709. The molecule has 1 unspecified atom stereocenters. The second kappa shape index (κ2) is 6.38. The summed E-state index contributed by atoms with van der Waals surface area (Å²) in [7, 11) is 0. The van der Waals surface area contributed by atoms with Crippen molar-refractivity contribution in [3.8, 4) is 0 Å². The van der Waals surface area contributed by atoms with E-state index in [9.17, 15) is 14.9 Å². The summed E-state index contributed by atoms with van der Waals surface area (Å²) in [6, 6.07) is 5.45. The predicted molar refractivity (Wildman–Crippen MR) is 81.6 cm³/mol. The molecule has 2 rings (SSSR count). The second-order valence-electron chi connectivity index (χ2n) is 5.03. The molecule has 2 aromatic rings. The molecule has 1 aromatic carbocycles. The van der Waals surface area contributed by atoms with E-state index in [2.05, 4.69) is 10.4 Å². The number of nitrogens with one attached hydrogen (secondary N) is 1. The molecule has 7 heteroatoms. The zero-order valence-electron chi connectivity index (χ0n) is 12.7. The van der Waals surface area contributed by atoms with Crippen LogP contribution in [0.5, 0.6) is 0 Å². The van der Waals surface area contributed by atoms with Crippen molar-refractivity contribution < 1.29 is 9.72 Å². The van der Waals surface area contributed by atoms with E-state index in [1.807, 2.05) is 27.0 Å². The molecule has 0 saturated heterocycles. The van der Waals surface area contributed by atoms with Crippen molar-refractivity contribution in [2.45, 2.75) is 33.4 Å². The predicted octanol–water partition coefficient (Wildman–Crippen LogP) is 2.61. The number of hydrogen-bond donors (Lipinski definition) is 1. The summed E-state index contributed by atoms with van der Waals surface area (Å²) in [5.74, 6) is -0.347. The van der Waals surface area contributed by atoms with Crippen LogP contribution in [0, 0.1) is 17.0 Å². The van der Waals surface area contributed by atoms with Gasteiger partial charge in [0.1, 0.15) is 0 Å². The van der Waals surface area contributed by atoms with Gasteiger partial charge in [0.05, 0.1) is 16.7 Å². The molecular formula is C15H18N4O3. The lowest BCUT2D eigenvalue weighted by Gasteiger charge is -2.13. The number of nitrogens with zero attached hydrogens (tertiary/aromatic N) is 3. The molecule has 1 aromatic heterocycles. The van der Waals surface area contributed by atoms with E-state index in [1.54, 1.807) is 10.7 Å². The number of amides is 1. The van der Waals surface area contributed by atoms with Crippen LogP contribution >= 0.6 is 0 Å². The lowest BCUT2D eigenvalue weighted by Crippen LogP contribution is -2.26. The van der Waals surface area contributed by atoms with E-state index in [4.69, 9.17) is 0 Å². The number of nitro benzene ring substituents is 1. The van der Waals surface area contributed by atoms with Gasteiger partial charge in [-0.1, -0.05) is 6.07 Å². The van der Waals surface area contributed by atoms with Gasteiger partial charge < -0.3 is 5.32 Å². The number of carbonyl (C=O) groups is 1. The highest BCUT2D eigenvalue weighted by atomic mass is 16.6. The average Bonchev–Trinajstić information content (AvgIpc) is 2.88. The topological polar surface area (TPSA) is 90.1 Å². The zero-order valence-corrected chi connectivity index (χ0v) is 12.7. The third-order valence-electron chi connectivity index (χ3n) is 3.44. The first kappa shape index (κ1) is 15.7. The third-order valence-corrected chi connectivity index (χ3v) is 3.44. The summed E-state index contributed by atoms with van der Waals surface area (Å²) in [5.41, 5.74) is 1.95. The van der Waals surface area contributed by atoms with Crippen LogP contribution in [0.1, 0.15) is 41.5 Å². The highest BCUT2D eigenvalue weighted by Crippen LogP contribution is 2.18. The first-order chi connectivity index (χ1) is 10.4. The van der Waals surface area contributed by atoms with Gasteiger partial charge in [0, 0.05) is 36.0 Å². The van der Waals surface area contributed by atoms with Crippen molar-refractivity contribution in [1.29, 1.82) is 0 Å². The Hall–Kier alpha value is -2.70. The molecule has 1 amide bonds. The Labute approximate surface area is 128 Å². The van der Waals surface area contributed by atoms with Crippen LogP contribution in [0.4, 0.5) is 5.69 Å². The quantitative estimate of drug-likeness (QED) is 0.679. The van der Waals surface area contributed by atoms with Gasteiger partial charge in [-0.25, -0.2) is 0 Å². The zero-order chi connectivity index (χ0) is 16.3. The molecule has 1 heterocycles. The van der Waals surface area contributed by atoms with Crippen molar-refractivity contribution >= 4 is 11.6 Å². The minimum atomic E-state index is -0.518. The second-order valence-corrected chi connectivity index (χ2v) is 5.03. The molecule has 116 valence electrons. The Morgan fingerprint density at radius 2 is 2.23 bits per heavy atom. The molecule has 0 aliphatic carbocycles. The fourth-order valence-electron chi connectivity index (χ4n) is 2.24. The minimum Gasteiger partial charge on any atom is -0.345 e. The van der Waals surface area contributed by atoms with Crippen LogP contribution in [0.25, 0.3) is 0 Å².